The number of carbonyl (C=O) groups is 2. The average molecular weight is 524 g/mol. The second-order valence-electron chi connectivity index (χ2n) is 9.74. The Balaban J connectivity index is 1.12. The molecule has 5 rings (SSSR count). The zero-order valence-electron chi connectivity index (χ0n) is 20.3. The summed E-state index contributed by atoms with van der Waals surface area (Å²) in [6.45, 7) is 3.31. The summed E-state index contributed by atoms with van der Waals surface area (Å²) >= 11 is 6.11. The highest BCUT2D eigenvalue weighted by atomic mass is 35.5. The highest BCUT2D eigenvalue weighted by Gasteiger charge is 2.42. The lowest BCUT2D eigenvalue weighted by molar-refractivity contribution is 0.0777. The Morgan fingerprint density at radius 3 is 2.32 bits per heavy atom. The normalized spacial score (nSPS) is 18.7. The summed E-state index contributed by atoms with van der Waals surface area (Å²) in [5.41, 5.74) is 2.32. The van der Waals surface area contributed by atoms with Crippen LogP contribution in [-0.4, -0.2) is 49.4 Å². The molecule has 0 aromatic heterocycles. The lowest BCUT2D eigenvalue weighted by Crippen LogP contribution is -2.34. The molecule has 0 saturated carbocycles. The average Bonchev–Trinajstić information content (AvgIpc) is 3.47. The number of halogens is 3. The van der Waals surface area contributed by atoms with Gasteiger partial charge < -0.3 is 15.1 Å². The van der Waals surface area contributed by atoms with Crippen molar-refractivity contribution in [3.8, 4) is 0 Å². The van der Waals surface area contributed by atoms with Crippen LogP contribution < -0.4 is 10.2 Å². The van der Waals surface area contributed by atoms with Gasteiger partial charge in [0.2, 0.25) is 0 Å². The third-order valence-electron chi connectivity index (χ3n) is 7.27. The summed E-state index contributed by atoms with van der Waals surface area (Å²) in [4.78, 5) is 29.2. The van der Waals surface area contributed by atoms with E-state index in [1.54, 1.807) is 23.1 Å². The van der Waals surface area contributed by atoms with E-state index in [9.17, 15) is 18.4 Å². The second kappa shape index (κ2) is 10.9. The first-order valence-corrected chi connectivity index (χ1v) is 12.9. The van der Waals surface area contributed by atoms with E-state index in [0.717, 1.165) is 31.6 Å². The van der Waals surface area contributed by atoms with Crippen molar-refractivity contribution in [3.63, 3.8) is 0 Å². The van der Waals surface area contributed by atoms with Crippen LogP contribution in [0.1, 0.15) is 32.7 Å². The Labute approximate surface area is 220 Å². The quantitative estimate of drug-likeness (QED) is 0.434. The Kier molecular flexibility index (Phi) is 7.42. The molecule has 2 atom stereocenters. The van der Waals surface area contributed by atoms with E-state index in [4.69, 9.17) is 11.6 Å². The number of hydrogen-bond acceptors (Lipinski definition) is 3. The molecule has 37 heavy (non-hydrogen) atoms. The Hall–Kier alpha value is -3.45. The molecule has 0 bridgehead atoms. The summed E-state index contributed by atoms with van der Waals surface area (Å²) < 4.78 is 28.0. The van der Waals surface area contributed by atoms with Gasteiger partial charge in [-0.05, 0) is 54.8 Å². The van der Waals surface area contributed by atoms with Crippen molar-refractivity contribution in [1.82, 2.24) is 10.2 Å². The molecule has 2 unspecified atom stereocenters. The van der Waals surface area contributed by atoms with E-state index in [-0.39, 0.29) is 22.1 Å². The van der Waals surface area contributed by atoms with Crippen molar-refractivity contribution in [1.29, 1.82) is 0 Å². The van der Waals surface area contributed by atoms with Crippen LogP contribution in [0.2, 0.25) is 5.02 Å². The smallest absolute Gasteiger partial charge is 0.258 e. The number of anilines is 1. The SMILES string of the molecule is O=C(NCCCc1cccc(N2CC3CN(C(=O)c4c(F)cccc4Cl)CC3C2)c1)c1ccccc1F. The first-order chi connectivity index (χ1) is 17.9. The van der Waals surface area contributed by atoms with Gasteiger partial charge in [0.1, 0.15) is 11.6 Å². The minimum absolute atomic E-state index is 0.0428. The summed E-state index contributed by atoms with van der Waals surface area (Å²) in [5, 5.41) is 2.93. The van der Waals surface area contributed by atoms with E-state index >= 15 is 0 Å². The predicted molar refractivity (Wildman–Crippen MR) is 140 cm³/mol. The molecule has 2 aliphatic heterocycles. The number of aryl methyl sites for hydroxylation is 1. The standard InChI is InChI=1S/C29H28ClF2N3O2/c30-24-10-4-12-26(32)27(24)29(37)35-17-20-15-34(16-21(20)18-35)22-8-3-6-19(14-22)7-5-13-33-28(36)23-9-1-2-11-25(23)31/h1-4,6,8-12,14,20-21H,5,7,13,15-18H2,(H,33,36). The first kappa shape index (κ1) is 25.2. The van der Waals surface area contributed by atoms with Crippen LogP contribution >= 0.6 is 11.6 Å². The highest BCUT2D eigenvalue weighted by Crippen LogP contribution is 2.35. The van der Waals surface area contributed by atoms with E-state index < -0.39 is 17.5 Å². The molecule has 2 fully saturated rings. The zero-order valence-corrected chi connectivity index (χ0v) is 21.1. The van der Waals surface area contributed by atoms with Gasteiger partial charge in [-0.1, -0.05) is 41.9 Å². The number of carbonyl (C=O) groups excluding carboxylic acids is 2. The molecule has 3 aromatic carbocycles. The van der Waals surface area contributed by atoms with Gasteiger partial charge in [0.25, 0.3) is 11.8 Å². The van der Waals surface area contributed by atoms with Crippen molar-refractivity contribution in [3.05, 3.63) is 100 Å². The topological polar surface area (TPSA) is 52.7 Å². The number of fused-ring (bicyclic) bond motifs is 1. The number of nitrogens with one attached hydrogen (secondary N) is 1. The van der Waals surface area contributed by atoms with Crippen molar-refractivity contribution >= 4 is 29.1 Å². The van der Waals surface area contributed by atoms with Crippen LogP contribution in [0.25, 0.3) is 0 Å². The molecular weight excluding hydrogens is 496 g/mol. The Bertz CT molecular complexity index is 1280. The maximum absolute atomic E-state index is 14.2. The lowest BCUT2D eigenvalue weighted by atomic mass is 10.0. The van der Waals surface area contributed by atoms with Crippen LogP contribution in [0.5, 0.6) is 0 Å². The van der Waals surface area contributed by atoms with Gasteiger partial charge >= 0.3 is 0 Å². The van der Waals surface area contributed by atoms with Gasteiger partial charge in [0.15, 0.2) is 0 Å². The van der Waals surface area contributed by atoms with Gasteiger partial charge in [0, 0.05) is 50.2 Å². The van der Waals surface area contributed by atoms with Gasteiger partial charge in [-0.25, -0.2) is 8.78 Å². The predicted octanol–water partition coefficient (Wildman–Crippen LogP) is 5.19. The Morgan fingerprint density at radius 1 is 0.892 bits per heavy atom. The number of benzene rings is 3. The summed E-state index contributed by atoms with van der Waals surface area (Å²) in [5.74, 6) is -1.20. The molecule has 3 aromatic rings. The largest absolute Gasteiger partial charge is 0.371 e. The minimum Gasteiger partial charge on any atom is -0.371 e. The second-order valence-corrected chi connectivity index (χ2v) is 10.1. The maximum atomic E-state index is 14.2. The molecule has 8 heteroatoms. The van der Waals surface area contributed by atoms with Gasteiger partial charge in [-0.15, -0.1) is 0 Å². The molecule has 1 N–H and O–H groups in total. The molecule has 0 spiro atoms. The van der Waals surface area contributed by atoms with E-state index in [2.05, 4.69) is 28.4 Å². The molecule has 2 heterocycles. The first-order valence-electron chi connectivity index (χ1n) is 12.5. The number of hydrogen-bond donors (Lipinski definition) is 1. The third kappa shape index (κ3) is 5.47. The molecular formula is C29H28ClF2N3O2. The van der Waals surface area contributed by atoms with Crippen molar-refractivity contribution in [2.45, 2.75) is 12.8 Å². The number of amides is 2. The third-order valence-corrected chi connectivity index (χ3v) is 7.59. The van der Waals surface area contributed by atoms with Crippen molar-refractivity contribution < 1.29 is 18.4 Å². The minimum atomic E-state index is -0.584. The summed E-state index contributed by atoms with van der Waals surface area (Å²) in [6.07, 6.45) is 1.53. The van der Waals surface area contributed by atoms with Crippen LogP contribution in [0.3, 0.4) is 0 Å². The zero-order chi connectivity index (χ0) is 25.9. The maximum Gasteiger partial charge on any atom is 0.258 e. The van der Waals surface area contributed by atoms with Gasteiger partial charge in [-0.3, -0.25) is 9.59 Å². The molecule has 192 valence electrons. The van der Waals surface area contributed by atoms with Crippen molar-refractivity contribution in [2.75, 3.05) is 37.6 Å². The van der Waals surface area contributed by atoms with Crippen molar-refractivity contribution in [2.24, 2.45) is 11.8 Å². The van der Waals surface area contributed by atoms with Crippen LogP contribution in [-0.2, 0) is 6.42 Å². The van der Waals surface area contributed by atoms with E-state index in [1.807, 2.05) is 6.07 Å². The van der Waals surface area contributed by atoms with Gasteiger partial charge in [-0.2, -0.15) is 0 Å². The Morgan fingerprint density at radius 2 is 1.59 bits per heavy atom. The monoisotopic (exact) mass is 523 g/mol. The molecule has 0 aliphatic carbocycles. The molecule has 2 aliphatic rings. The fraction of sp³-hybridized carbons (Fsp3) is 0.310. The van der Waals surface area contributed by atoms with Crippen LogP contribution in [0, 0.1) is 23.5 Å². The number of likely N-dealkylation sites (tertiary alicyclic amines) is 1. The van der Waals surface area contributed by atoms with Crippen LogP contribution in [0.4, 0.5) is 14.5 Å². The molecule has 2 saturated heterocycles. The van der Waals surface area contributed by atoms with E-state index in [0.29, 0.717) is 31.5 Å². The highest BCUT2D eigenvalue weighted by molar-refractivity contribution is 6.33. The van der Waals surface area contributed by atoms with Gasteiger partial charge in [0.05, 0.1) is 16.1 Å². The van der Waals surface area contributed by atoms with E-state index in [1.165, 1.54) is 29.8 Å². The molecule has 2 amide bonds. The number of rotatable bonds is 7. The number of nitrogens with zero attached hydrogens (tertiary/aromatic N) is 2. The van der Waals surface area contributed by atoms with Crippen LogP contribution in [0.15, 0.2) is 66.7 Å². The fourth-order valence-corrected chi connectivity index (χ4v) is 5.62. The molecule has 5 nitrogen and oxygen atoms in total. The fourth-order valence-electron chi connectivity index (χ4n) is 5.37. The molecule has 0 radical (unpaired) electrons. The lowest BCUT2D eigenvalue weighted by Gasteiger charge is -2.24. The summed E-state index contributed by atoms with van der Waals surface area (Å²) in [6, 6.07) is 18.6. The summed E-state index contributed by atoms with van der Waals surface area (Å²) in [7, 11) is 0.